The van der Waals surface area contributed by atoms with Crippen molar-refractivity contribution in [3.05, 3.63) is 16.1 Å². The summed E-state index contributed by atoms with van der Waals surface area (Å²) in [4.78, 5) is 16.5. The molecule has 0 saturated carbocycles. The zero-order valence-electron chi connectivity index (χ0n) is 11.4. The van der Waals surface area contributed by atoms with E-state index in [0.29, 0.717) is 12.5 Å². The van der Waals surface area contributed by atoms with E-state index in [1.165, 1.54) is 0 Å². The third-order valence-electron chi connectivity index (χ3n) is 2.61. The highest BCUT2D eigenvalue weighted by Crippen LogP contribution is 2.17. The Labute approximate surface area is 112 Å². The fourth-order valence-corrected chi connectivity index (χ4v) is 2.78. The average Bonchev–Trinajstić information content (AvgIpc) is 2.63. The van der Waals surface area contributed by atoms with Crippen LogP contribution in [0.3, 0.4) is 0 Å². The SMILES string of the molecule is CC(C)Cc1ncc(CN[C@H](C(=O)O)C(C)C)s1. The van der Waals surface area contributed by atoms with Crippen LogP contribution in [-0.2, 0) is 17.8 Å². The van der Waals surface area contributed by atoms with Crippen LogP contribution < -0.4 is 5.32 Å². The van der Waals surface area contributed by atoms with Gasteiger partial charge in [-0.2, -0.15) is 0 Å². The molecule has 1 heterocycles. The van der Waals surface area contributed by atoms with Crippen molar-refractivity contribution in [2.24, 2.45) is 11.8 Å². The first-order valence-corrected chi connectivity index (χ1v) is 7.11. The number of thiazole rings is 1. The second kappa shape index (κ2) is 6.85. The third-order valence-corrected chi connectivity index (χ3v) is 3.63. The first-order valence-electron chi connectivity index (χ1n) is 6.30. The Bertz CT molecular complexity index is 388. The molecular weight excluding hydrogens is 248 g/mol. The Morgan fingerprint density at radius 2 is 2.11 bits per heavy atom. The molecule has 4 nitrogen and oxygen atoms in total. The molecule has 0 radical (unpaired) electrons. The summed E-state index contributed by atoms with van der Waals surface area (Å²) in [5.41, 5.74) is 0. The van der Waals surface area contributed by atoms with Gasteiger partial charge in [0.2, 0.25) is 0 Å². The molecule has 0 fully saturated rings. The van der Waals surface area contributed by atoms with Gasteiger partial charge in [-0.25, -0.2) is 4.98 Å². The average molecular weight is 270 g/mol. The molecule has 0 aromatic carbocycles. The van der Waals surface area contributed by atoms with Crippen molar-refractivity contribution in [1.29, 1.82) is 0 Å². The van der Waals surface area contributed by atoms with Crippen molar-refractivity contribution < 1.29 is 9.90 Å². The second-order valence-corrected chi connectivity index (χ2v) is 6.46. The molecule has 0 spiro atoms. The van der Waals surface area contributed by atoms with Gasteiger partial charge in [0, 0.05) is 24.0 Å². The van der Waals surface area contributed by atoms with Gasteiger partial charge in [0.05, 0.1) is 5.01 Å². The number of nitrogens with one attached hydrogen (secondary N) is 1. The number of aromatic nitrogens is 1. The number of rotatable bonds is 7. The zero-order chi connectivity index (χ0) is 13.7. The van der Waals surface area contributed by atoms with E-state index in [2.05, 4.69) is 24.1 Å². The maximum atomic E-state index is 11.0. The van der Waals surface area contributed by atoms with E-state index >= 15 is 0 Å². The third kappa shape index (κ3) is 4.74. The van der Waals surface area contributed by atoms with Gasteiger partial charge in [0.15, 0.2) is 0 Å². The fourth-order valence-electron chi connectivity index (χ4n) is 1.69. The van der Waals surface area contributed by atoms with Crippen LogP contribution in [0.4, 0.5) is 0 Å². The number of hydrogen-bond donors (Lipinski definition) is 2. The summed E-state index contributed by atoms with van der Waals surface area (Å²) in [6.07, 6.45) is 2.83. The quantitative estimate of drug-likeness (QED) is 0.799. The summed E-state index contributed by atoms with van der Waals surface area (Å²) in [7, 11) is 0. The molecule has 0 aliphatic heterocycles. The predicted octanol–water partition coefficient (Wildman–Crippen LogP) is 2.54. The van der Waals surface area contributed by atoms with E-state index in [0.717, 1.165) is 16.3 Å². The summed E-state index contributed by atoms with van der Waals surface area (Å²) in [6.45, 7) is 8.72. The van der Waals surface area contributed by atoms with Gasteiger partial charge >= 0.3 is 5.97 Å². The highest BCUT2D eigenvalue weighted by molar-refractivity contribution is 7.11. The molecule has 1 aromatic rings. The summed E-state index contributed by atoms with van der Waals surface area (Å²) in [6, 6.07) is -0.499. The lowest BCUT2D eigenvalue weighted by Gasteiger charge is -2.17. The van der Waals surface area contributed by atoms with Crippen molar-refractivity contribution in [1.82, 2.24) is 10.3 Å². The molecular formula is C13H22N2O2S. The van der Waals surface area contributed by atoms with E-state index < -0.39 is 12.0 Å². The monoisotopic (exact) mass is 270 g/mol. The van der Waals surface area contributed by atoms with Gasteiger partial charge in [0.1, 0.15) is 6.04 Å². The van der Waals surface area contributed by atoms with Crippen LogP contribution in [0.15, 0.2) is 6.20 Å². The lowest BCUT2D eigenvalue weighted by molar-refractivity contribution is -0.140. The maximum absolute atomic E-state index is 11.0. The van der Waals surface area contributed by atoms with Gasteiger partial charge in [-0.1, -0.05) is 27.7 Å². The topological polar surface area (TPSA) is 62.2 Å². The van der Waals surface area contributed by atoms with Crippen LogP contribution in [0.5, 0.6) is 0 Å². The highest BCUT2D eigenvalue weighted by atomic mass is 32.1. The van der Waals surface area contributed by atoms with Gasteiger partial charge in [0.25, 0.3) is 0 Å². The summed E-state index contributed by atoms with van der Waals surface area (Å²) < 4.78 is 0. The molecule has 1 rings (SSSR count). The Kier molecular flexibility index (Phi) is 5.75. The van der Waals surface area contributed by atoms with E-state index in [4.69, 9.17) is 5.11 Å². The fraction of sp³-hybridized carbons (Fsp3) is 0.692. The molecule has 2 N–H and O–H groups in total. The van der Waals surface area contributed by atoms with E-state index in [9.17, 15) is 4.79 Å². The van der Waals surface area contributed by atoms with E-state index in [1.54, 1.807) is 11.3 Å². The number of carboxylic acids is 1. The van der Waals surface area contributed by atoms with Crippen molar-refractivity contribution in [2.45, 2.75) is 46.7 Å². The number of hydrogen-bond acceptors (Lipinski definition) is 4. The molecule has 0 bridgehead atoms. The molecule has 0 amide bonds. The van der Waals surface area contributed by atoms with Crippen molar-refractivity contribution in [3.8, 4) is 0 Å². The number of aliphatic carboxylic acids is 1. The van der Waals surface area contributed by atoms with E-state index in [1.807, 2.05) is 20.0 Å². The van der Waals surface area contributed by atoms with Crippen LogP contribution in [0.1, 0.15) is 37.6 Å². The largest absolute Gasteiger partial charge is 0.480 e. The summed E-state index contributed by atoms with van der Waals surface area (Å²) >= 11 is 1.66. The zero-order valence-corrected chi connectivity index (χ0v) is 12.3. The van der Waals surface area contributed by atoms with E-state index in [-0.39, 0.29) is 5.92 Å². The highest BCUT2D eigenvalue weighted by Gasteiger charge is 2.20. The van der Waals surface area contributed by atoms with Crippen LogP contribution >= 0.6 is 11.3 Å². The van der Waals surface area contributed by atoms with Gasteiger partial charge in [-0.05, 0) is 11.8 Å². The number of carboxylic acid groups (broad SMARTS) is 1. The van der Waals surface area contributed by atoms with Gasteiger partial charge < -0.3 is 5.11 Å². The molecule has 0 aliphatic carbocycles. The van der Waals surface area contributed by atoms with Gasteiger partial charge in [-0.15, -0.1) is 11.3 Å². The molecule has 0 aliphatic rings. The lowest BCUT2D eigenvalue weighted by atomic mass is 10.1. The Balaban J connectivity index is 2.52. The Morgan fingerprint density at radius 1 is 1.44 bits per heavy atom. The van der Waals surface area contributed by atoms with Crippen LogP contribution in [0.2, 0.25) is 0 Å². The Hall–Kier alpha value is -0.940. The number of nitrogens with zero attached hydrogens (tertiary/aromatic N) is 1. The second-order valence-electron chi connectivity index (χ2n) is 5.26. The Morgan fingerprint density at radius 3 is 2.61 bits per heavy atom. The molecule has 1 aromatic heterocycles. The minimum absolute atomic E-state index is 0.0746. The number of carbonyl (C=O) groups is 1. The molecule has 0 unspecified atom stereocenters. The van der Waals surface area contributed by atoms with Crippen molar-refractivity contribution >= 4 is 17.3 Å². The first kappa shape index (κ1) is 15.1. The molecule has 102 valence electrons. The molecule has 5 heteroatoms. The summed E-state index contributed by atoms with van der Waals surface area (Å²) in [5, 5.41) is 13.3. The minimum atomic E-state index is -0.795. The smallest absolute Gasteiger partial charge is 0.320 e. The first-order chi connectivity index (χ1) is 8.40. The molecule has 0 saturated heterocycles. The standard InChI is InChI=1S/C13H22N2O2S/c1-8(2)5-11-14-6-10(18-11)7-15-12(9(3)4)13(16)17/h6,8-9,12,15H,5,7H2,1-4H3,(H,16,17)/t12-/m0/s1. The van der Waals surface area contributed by atoms with Crippen LogP contribution in [0.25, 0.3) is 0 Å². The van der Waals surface area contributed by atoms with Crippen molar-refractivity contribution in [3.63, 3.8) is 0 Å². The van der Waals surface area contributed by atoms with Crippen molar-refractivity contribution in [2.75, 3.05) is 0 Å². The minimum Gasteiger partial charge on any atom is -0.480 e. The van der Waals surface area contributed by atoms with Gasteiger partial charge in [-0.3, -0.25) is 10.1 Å². The van der Waals surface area contributed by atoms with Crippen LogP contribution in [0, 0.1) is 11.8 Å². The van der Waals surface area contributed by atoms with Crippen LogP contribution in [-0.4, -0.2) is 22.1 Å². The lowest BCUT2D eigenvalue weighted by Crippen LogP contribution is -2.40. The normalized spacial score (nSPS) is 13.2. The predicted molar refractivity (Wildman–Crippen MR) is 73.8 cm³/mol. The maximum Gasteiger partial charge on any atom is 0.320 e. The molecule has 18 heavy (non-hydrogen) atoms. The summed E-state index contributed by atoms with van der Waals surface area (Å²) in [5.74, 6) is -0.123. The molecule has 1 atom stereocenters.